The van der Waals surface area contributed by atoms with Crippen molar-refractivity contribution in [3.8, 4) is 11.5 Å². The molecular formula is C18H13ClN2O3S. The Morgan fingerprint density at radius 3 is 2.64 bits per heavy atom. The predicted molar refractivity (Wildman–Crippen MR) is 95.6 cm³/mol. The number of aromatic nitrogens is 1. The predicted octanol–water partition coefficient (Wildman–Crippen LogP) is 4.24. The Labute approximate surface area is 150 Å². The number of nitrogens with zero attached hydrogens (tertiary/aromatic N) is 2. The van der Waals surface area contributed by atoms with Crippen molar-refractivity contribution in [3.63, 3.8) is 0 Å². The molecule has 0 saturated heterocycles. The first-order valence-corrected chi connectivity index (χ1v) is 9.35. The summed E-state index contributed by atoms with van der Waals surface area (Å²) in [5.41, 5.74) is 1.14. The van der Waals surface area contributed by atoms with Crippen molar-refractivity contribution in [1.82, 2.24) is 4.98 Å². The molecule has 0 spiro atoms. The number of ether oxygens (including phenoxy) is 1. The highest BCUT2D eigenvalue weighted by molar-refractivity contribution is 7.93. The highest BCUT2D eigenvalue weighted by Crippen LogP contribution is 2.39. The Morgan fingerprint density at radius 2 is 1.88 bits per heavy atom. The third-order valence-electron chi connectivity index (χ3n) is 3.91. The van der Waals surface area contributed by atoms with E-state index in [2.05, 4.69) is 4.98 Å². The fourth-order valence-electron chi connectivity index (χ4n) is 2.77. The molecule has 1 aliphatic rings. The van der Waals surface area contributed by atoms with Gasteiger partial charge in [-0.3, -0.25) is 9.29 Å². The van der Waals surface area contributed by atoms with Gasteiger partial charge in [0.2, 0.25) is 0 Å². The molecule has 0 atom stereocenters. The molecule has 0 bridgehead atoms. The molecule has 7 heteroatoms. The summed E-state index contributed by atoms with van der Waals surface area (Å²) in [5, 5.41) is 0.394. The first kappa shape index (κ1) is 15.9. The van der Waals surface area contributed by atoms with Crippen LogP contribution in [0.25, 0.3) is 0 Å². The second-order valence-corrected chi connectivity index (χ2v) is 7.76. The van der Waals surface area contributed by atoms with Crippen molar-refractivity contribution >= 4 is 27.3 Å². The lowest BCUT2D eigenvalue weighted by Crippen LogP contribution is -2.23. The molecule has 1 aliphatic heterocycles. The zero-order chi connectivity index (χ0) is 17.4. The van der Waals surface area contributed by atoms with Crippen molar-refractivity contribution in [2.24, 2.45) is 0 Å². The number of fused-ring (bicyclic) bond motifs is 1. The van der Waals surface area contributed by atoms with Gasteiger partial charge in [-0.2, -0.15) is 0 Å². The van der Waals surface area contributed by atoms with Crippen molar-refractivity contribution < 1.29 is 13.2 Å². The zero-order valence-electron chi connectivity index (χ0n) is 13.0. The minimum Gasteiger partial charge on any atom is -0.456 e. The fourth-order valence-corrected chi connectivity index (χ4v) is 4.71. The molecule has 25 heavy (non-hydrogen) atoms. The number of para-hydroxylation sites is 1. The van der Waals surface area contributed by atoms with Gasteiger partial charge in [0.1, 0.15) is 11.5 Å². The minimum atomic E-state index is -3.63. The first-order valence-electron chi connectivity index (χ1n) is 7.54. The van der Waals surface area contributed by atoms with Crippen molar-refractivity contribution in [2.75, 3.05) is 4.31 Å². The van der Waals surface area contributed by atoms with Crippen LogP contribution in [0.2, 0.25) is 5.02 Å². The van der Waals surface area contributed by atoms with E-state index >= 15 is 0 Å². The van der Waals surface area contributed by atoms with Gasteiger partial charge in [-0.05, 0) is 48.0 Å². The van der Waals surface area contributed by atoms with Crippen LogP contribution in [0.3, 0.4) is 0 Å². The fraction of sp³-hybridized carbons (Fsp3) is 0.0556. The summed E-state index contributed by atoms with van der Waals surface area (Å²) in [6, 6.07) is 15.4. The normalized spacial score (nSPS) is 15.0. The Hall–Kier alpha value is -2.57. The molecule has 126 valence electrons. The molecule has 1 aromatic heterocycles. The highest BCUT2D eigenvalue weighted by atomic mass is 35.5. The molecule has 0 aliphatic carbocycles. The molecule has 0 unspecified atom stereocenters. The number of sulfonamides is 1. The van der Waals surface area contributed by atoms with Gasteiger partial charge in [-0.25, -0.2) is 8.42 Å². The van der Waals surface area contributed by atoms with Gasteiger partial charge in [0.25, 0.3) is 10.0 Å². The number of rotatable bonds is 3. The van der Waals surface area contributed by atoms with Crippen molar-refractivity contribution in [3.05, 3.63) is 77.6 Å². The van der Waals surface area contributed by atoms with Gasteiger partial charge in [0, 0.05) is 6.20 Å². The summed E-state index contributed by atoms with van der Waals surface area (Å²) in [6.45, 7) is 0.214. The van der Waals surface area contributed by atoms with E-state index in [0.29, 0.717) is 27.8 Å². The van der Waals surface area contributed by atoms with Gasteiger partial charge in [0.15, 0.2) is 0 Å². The molecule has 2 heterocycles. The van der Waals surface area contributed by atoms with Gasteiger partial charge in [0.05, 0.1) is 28.3 Å². The van der Waals surface area contributed by atoms with E-state index in [0.717, 1.165) is 0 Å². The van der Waals surface area contributed by atoms with Gasteiger partial charge < -0.3 is 4.74 Å². The van der Waals surface area contributed by atoms with E-state index < -0.39 is 10.0 Å². The molecule has 0 fully saturated rings. The van der Waals surface area contributed by atoms with Gasteiger partial charge >= 0.3 is 0 Å². The average molecular weight is 373 g/mol. The van der Waals surface area contributed by atoms with Crippen LogP contribution >= 0.6 is 11.6 Å². The van der Waals surface area contributed by atoms with E-state index in [-0.39, 0.29) is 11.4 Å². The van der Waals surface area contributed by atoms with Crippen LogP contribution in [0.15, 0.2) is 71.9 Å². The highest BCUT2D eigenvalue weighted by Gasteiger charge is 2.35. The van der Waals surface area contributed by atoms with E-state index in [1.807, 2.05) is 0 Å². The monoisotopic (exact) mass is 372 g/mol. The smallest absolute Gasteiger partial charge is 0.265 e. The first-order chi connectivity index (χ1) is 12.1. The van der Waals surface area contributed by atoms with E-state index in [9.17, 15) is 8.42 Å². The van der Waals surface area contributed by atoms with Gasteiger partial charge in [-0.1, -0.05) is 23.7 Å². The Kier molecular flexibility index (Phi) is 3.86. The van der Waals surface area contributed by atoms with Crippen molar-refractivity contribution in [1.29, 1.82) is 0 Å². The van der Waals surface area contributed by atoms with E-state index in [4.69, 9.17) is 16.3 Å². The molecule has 0 radical (unpaired) electrons. The largest absolute Gasteiger partial charge is 0.456 e. The number of halogens is 1. The second kappa shape index (κ2) is 6.06. The van der Waals surface area contributed by atoms with Crippen LogP contribution in [0.1, 0.15) is 5.56 Å². The topological polar surface area (TPSA) is 59.5 Å². The van der Waals surface area contributed by atoms with Crippen LogP contribution in [0.5, 0.6) is 11.5 Å². The van der Waals surface area contributed by atoms with E-state index in [1.54, 1.807) is 67.0 Å². The molecule has 4 rings (SSSR count). The Balaban J connectivity index is 1.70. The zero-order valence-corrected chi connectivity index (χ0v) is 14.5. The van der Waals surface area contributed by atoms with Crippen LogP contribution < -0.4 is 9.04 Å². The maximum absolute atomic E-state index is 12.8. The van der Waals surface area contributed by atoms with Crippen LogP contribution in [-0.2, 0) is 16.6 Å². The lowest BCUT2D eigenvalue weighted by atomic mass is 10.2. The lowest BCUT2D eigenvalue weighted by molar-refractivity contribution is 0.479. The standard InChI is InChI=1S/C18H13ClN2O3S/c19-16-5-1-2-6-17(16)21-12-13-10-14(7-8-18(13)25(21,22)23)24-15-4-3-9-20-11-15/h1-11H,12H2. The minimum absolute atomic E-state index is 0.214. The molecule has 2 aromatic carbocycles. The summed E-state index contributed by atoms with van der Waals surface area (Å²) in [5.74, 6) is 1.15. The SMILES string of the molecule is O=S1(=O)c2ccc(Oc3cccnc3)cc2CN1c1ccccc1Cl. The Morgan fingerprint density at radius 1 is 1.04 bits per heavy atom. The summed E-state index contributed by atoms with van der Waals surface area (Å²) in [6.07, 6.45) is 3.25. The lowest BCUT2D eigenvalue weighted by Gasteiger charge is -2.18. The molecule has 0 N–H and O–H groups in total. The van der Waals surface area contributed by atoms with Crippen molar-refractivity contribution in [2.45, 2.75) is 11.4 Å². The summed E-state index contributed by atoms with van der Waals surface area (Å²) in [7, 11) is -3.63. The summed E-state index contributed by atoms with van der Waals surface area (Å²) < 4.78 is 32.7. The second-order valence-electron chi connectivity index (χ2n) is 5.52. The summed E-state index contributed by atoms with van der Waals surface area (Å²) in [4.78, 5) is 4.26. The molecule has 5 nitrogen and oxygen atoms in total. The van der Waals surface area contributed by atoms with Crippen LogP contribution in [0, 0.1) is 0 Å². The molecule has 0 saturated carbocycles. The van der Waals surface area contributed by atoms with Crippen LogP contribution in [-0.4, -0.2) is 13.4 Å². The number of hydrogen-bond donors (Lipinski definition) is 0. The maximum Gasteiger partial charge on any atom is 0.265 e. The molecule has 0 amide bonds. The maximum atomic E-state index is 12.8. The van der Waals surface area contributed by atoms with Gasteiger partial charge in [-0.15, -0.1) is 0 Å². The molecular weight excluding hydrogens is 360 g/mol. The quantitative estimate of drug-likeness (QED) is 0.690. The number of hydrogen-bond acceptors (Lipinski definition) is 4. The number of benzene rings is 2. The third kappa shape index (κ3) is 2.83. The summed E-state index contributed by atoms with van der Waals surface area (Å²) >= 11 is 6.18. The van der Waals surface area contributed by atoms with Crippen LogP contribution in [0.4, 0.5) is 5.69 Å². The number of pyridine rings is 1. The number of anilines is 1. The average Bonchev–Trinajstić information content (AvgIpc) is 2.87. The Bertz CT molecular complexity index is 1040. The van der Waals surface area contributed by atoms with E-state index in [1.165, 1.54) is 4.31 Å². The third-order valence-corrected chi connectivity index (χ3v) is 6.08. The molecule has 3 aromatic rings.